The van der Waals surface area contributed by atoms with Crippen molar-refractivity contribution in [2.75, 3.05) is 7.11 Å². The van der Waals surface area contributed by atoms with Crippen LogP contribution in [0.4, 0.5) is 0 Å². The molecule has 0 aliphatic carbocycles. The van der Waals surface area contributed by atoms with Crippen molar-refractivity contribution in [1.29, 1.82) is 0 Å². The first kappa shape index (κ1) is 43.4. The van der Waals surface area contributed by atoms with Gasteiger partial charge in [0.25, 0.3) is 0 Å². The van der Waals surface area contributed by atoms with Crippen molar-refractivity contribution in [2.45, 2.75) is 212 Å². The summed E-state index contributed by atoms with van der Waals surface area (Å²) in [5.41, 5.74) is 6.38. The number of ether oxygens (including phenoxy) is 5. The molecular weight excluding hydrogens is 651 g/mol. The van der Waals surface area contributed by atoms with Crippen LogP contribution in [0.5, 0.6) is 0 Å². The molecule has 13 atom stereocenters. The Labute approximate surface area is 306 Å². The molecule has 0 aromatic rings. The third kappa shape index (κ3) is 11.7. The third-order valence-corrected chi connectivity index (χ3v) is 17.1. The zero-order valence-corrected chi connectivity index (χ0v) is 34.8. The van der Waals surface area contributed by atoms with Gasteiger partial charge in [0.2, 0.25) is 0 Å². The zero-order chi connectivity index (χ0) is 37.4. The fraction of sp³-hybridized carbons (Fsp3) is 0.950. The van der Waals surface area contributed by atoms with E-state index in [1.165, 1.54) is 7.11 Å². The summed E-state index contributed by atoms with van der Waals surface area (Å²) in [6, 6.07) is 0.138. The molecule has 2 N–H and O–H groups in total. The van der Waals surface area contributed by atoms with E-state index in [-0.39, 0.29) is 83.5 Å². The van der Waals surface area contributed by atoms with Crippen LogP contribution in [0, 0.1) is 23.7 Å². The fourth-order valence-electron chi connectivity index (χ4n) is 8.12. The number of methoxy groups -OCH3 is 1. The Bertz CT molecular complexity index is 1050. The predicted molar refractivity (Wildman–Crippen MR) is 201 cm³/mol. The minimum Gasteiger partial charge on any atom is -0.469 e. The van der Waals surface area contributed by atoms with Crippen LogP contribution < -0.4 is 5.73 Å². The van der Waals surface area contributed by atoms with E-state index in [1.807, 2.05) is 13.8 Å². The van der Waals surface area contributed by atoms with Crippen LogP contribution in [0.1, 0.15) is 139 Å². The molecule has 3 rings (SSSR count). The molecule has 0 saturated carbocycles. The second-order valence-electron chi connectivity index (χ2n) is 17.6. The number of nitrogens with two attached hydrogens (primary N) is 1. The van der Waals surface area contributed by atoms with Crippen LogP contribution >= 0.6 is 0 Å². The molecule has 10 heteroatoms. The lowest BCUT2D eigenvalue weighted by Crippen LogP contribution is -2.45. The molecule has 3 heterocycles. The predicted octanol–water partition coefficient (Wildman–Crippen LogP) is 8.36. The van der Waals surface area contributed by atoms with Gasteiger partial charge in [0, 0.05) is 24.0 Å². The van der Waals surface area contributed by atoms with Crippen molar-refractivity contribution in [1.82, 2.24) is 0 Å². The van der Waals surface area contributed by atoms with Gasteiger partial charge in [0.15, 0.2) is 8.32 Å². The standard InChI is InChI=1S/C40H75NO8Si/c1-13-15-29(41)23-30-17-19-33(45-30)25(3)37(26(4)34-21-22-36(47-34)27(5)38(42)44-10)48-39(43)28(6)35-20-18-31(46-35)24-32(16-14-2)49-50(11,12)40(7,8)9/h25-37H,13-24,41H2,1-12H3/t25-,26-,27-,28+,29-,30+,31+,32+,33-,34+,35-,36-,37+/m1/s1. The first-order valence-corrected chi connectivity index (χ1v) is 23.0. The first-order chi connectivity index (χ1) is 23.4. The largest absolute Gasteiger partial charge is 0.469 e. The van der Waals surface area contributed by atoms with E-state index in [2.05, 4.69) is 61.6 Å². The number of esters is 2. The second kappa shape index (κ2) is 19.3. The van der Waals surface area contributed by atoms with E-state index < -0.39 is 20.3 Å². The van der Waals surface area contributed by atoms with Gasteiger partial charge in [-0.3, -0.25) is 9.59 Å². The Morgan fingerprint density at radius 3 is 1.80 bits per heavy atom. The summed E-state index contributed by atoms with van der Waals surface area (Å²) in [5.74, 6) is -1.34. The lowest BCUT2D eigenvalue weighted by molar-refractivity contribution is -0.173. The van der Waals surface area contributed by atoms with Gasteiger partial charge in [0.1, 0.15) is 6.10 Å². The molecule has 292 valence electrons. The molecule has 3 saturated heterocycles. The van der Waals surface area contributed by atoms with Crippen LogP contribution in [0.15, 0.2) is 0 Å². The van der Waals surface area contributed by atoms with E-state index in [4.69, 9.17) is 33.8 Å². The zero-order valence-electron chi connectivity index (χ0n) is 33.8. The maximum Gasteiger partial charge on any atom is 0.311 e. The molecule has 0 bridgehead atoms. The molecule has 0 radical (unpaired) electrons. The Hall–Kier alpha value is -1.04. The highest BCUT2D eigenvalue weighted by molar-refractivity contribution is 6.74. The van der Waals surface area contributed by atoms with Crippen LogP contribution in [-0.2, 0) is 37.7 Å². The quantitative estimate of drug-likeness (QED) is 0.104. The van der Waals surface area contributed by atoms with Crippen molar-refractivity contribution in [3.05, 3.63) is 0 Å². The molecule has 0 aromatic heterocycles. The molecule has 9 nitrogen and oxygen atoms in total. The maximum absolute atomic E-state index is 14.0. The highest BCUT2D eigenvalue weighted by atomic mass is 28.4. The Morgan fingerprint density at radius 2 is 1.22 bits per heavy atom. The molecule has 0 amide bonds. The lowest BCUT2D eigenvalue weighted by atomic mass is 9.84. The number of hydrogen-bond donors (Lipinski definition) is 1. The summed E-state index contributed by atoms with van der Waals surface area (Å²) >= 11 is 0. The summed E-state index contributed by atoms with van der Waals surface area (Å²) in [6.07, 6.45) is 10.5. The number of carbonyl (C=O) groups is 2. The van der Waals surface area contributed by atoms with Gasteiger partial charge in [-0.15, -0.1) is 0 Å². The summed E-state index contributed by atoms with van der Waals surface area (Å²) in [7, 11) is -0.495. The highest BCUT2D eigenvalue weighted by Crippen LogP contribution is 2.41. The molecule has 0 spiro atoms. The Morgan fingerprint density at radius 1 is 0.740 bits per heavy atom. The van der Waals surface area contributed by atoms with E-state index in [0.29, 0.717) is 0 Å². The first-order valence-electron chi connectivity index (χ1n) is 20.1. The molecule has 50 heavy (non-hydrogen) atoms. The fourth-order valence-corrected chi connectivity index (χ4v) is 9.52. The minimum atomic E-state index is -1.91. The van der Waals surface area contributed by atoms with Gasteiger partial charge in [-0.1, -0.05) is 61.3 Å². The molecule has 3 aliphatic heterocycles. The van der Waals surface area contributed by atoms with Crippen molar-refractivity contribution in [2.24, 2.45) is 29.4 Å². The Kier molecular flexibility index (Phi) is 16.8. The topological polar surface area (TPSA) is 116 Å². The third-order valence-electron chi connectivity index (χ3n) is 12.5. The van der Waals surface area contributed by atoms with Crippen molar-refractivity contribution in [3.8, 4) is 0 Å². The monoisotopic (exact) mass is 726 g/mol. The highest BCUT2D eigenvalue weighted by Gasteiger charge is 2.46. The van der Waals surface area contributed by atoms with E-state index >= 15 is 0 Å². The minimum absolute atomic E-state index is 0.0286. The molecular formula is C40H75NO8Si. The summed E-state index contributed by atoms with van der Waals surface area (Å²) in [6.45, 7) is 24.0. The van der Waals surface area contributed by atoms with Crippen LogP contribution in [0.3, 0.4) is 0 Å². The van der Waals surface area contributed by atoms with Crippen LogP contribution in [-0.4, -0.2) is 82.2 Å². The molecule has 3 aliphatic rings. The van der Waals surface area contributed by atoms with Crippen molar-refractivity contribution < 1.29 is 37.7 Å². The average molecular weight is 726 g/mol. The van der Waals surface area contributed by atoms with Gasteiger partial charge in [0.05, 0.1) is 55.6 Å². The molecule has 0 unspecified atom stereocenters. The second-order valence-corrected chi connectivity index (χ2v) is 22.3. The van der Waals surface area contributed by atoms with Gasteiger partial charge >= 0.3 is 11.9 Å². The lowest BCUT2D eigenvalue weighted by Gasteiger charge is -2.40. The van der Waals surface area contributed by atoms with Gasteiger partial charge in [-0.2, -0.15) is 0 Å². The number of hydrogen-bond acceptors (Lipinski definition) is 9. The summed E-state index contributed by atoms with van der Waals surface area (Å²) < 4.78 is 38.1. The van der Waals surface area contributed by atoms with Crippen molar-refractivity contribution in [3.63, 3.8) is 0 Å². The molecule has 0 aromatic carbocycles. The van der Waals surface area contributed by atoms with E-state index in [9.17, 15) is 9.59 Å². The van der Waals surface area contributed by atoms with Crippen LogP contribution in [0.2, 0.25) is 18.1 Å². The van der Waals surface area contributed by atoms with Crippen molar-refractivity contribution >= 4 is 20.3 Å². The smallest absolute Gasteiger partial charge is 0.311 e. The number of carbonyl (C=O) groups excluding carboxylic acids is 2. The van der Waals surface area contributed by atoms with Gasteiger partial charge < -0.3 is 33.8 Å². The van der Waals surface area contributed by atoms with Gasteiger partial charge in [-0.25, -0.2) is 0 Å². The summed E-state index contributed by atoms with van der Waals surface area (Å²) in [5, 5.41) is 0.150. The normalized spacial score (nSPS) is 30.3. The van der Waals surface area contributed by atoms with E-state index in [1.54, 1.807) is 0 Å². The SMILES string of the molecule is CCC[C@@H](N)C[C@@H]1CC[C@H]([C@@H](C)[C@H](OC(=O)[C@@H](C)[C@H]2CC[C@@H](C[C@H](CCC)O[Si](C)(C)C(C)(C)C)O2)[C@H](C)[C@@H]2CC[C@H]([C@@H](C)C(=O)OC)O2)O1. The van der Waals surface area contributed by atoms with Gasteiger partial charge in [-0.05, 0) is 96.2 Å². The molecule has 3 fully saturated rings. The average Bonchev–Trinajstić information content (AvgIpc) is 3.83. The maximum atomic E-state index is 14.0. The Balaban J connectivity index is 1.69. The van der Waals surface area contributed by atoms with E-state index in [0.717, 1.165) is 77.0 Å². The number of rotatable bonds is 19. The van der Waals surface area contributed by atoms with Crippen LogP contribution in [0.25, 0.3) is 0 Å². The summed E-state index contributed by atoms with van der Waals surface area (Å²) in [4.78, 5) is 26.3.